The SMILES string of the molecule is Cc1nc(N[C@H]2CCCN(c3ncccn3)C2)c2cnn(C)c2n1. The van der Waals surface area contributed by atoms with Gasteiger partial charge in [-0.1, -0.05) is 0 Å². The average Bonchev–Trinajstić information content (AvgIpc) is 2.97. The van der Waals surface area contributed by atoms with Crippen LogP contribution in [-0.4, -0.2) is 48.8 Å². The predicted molar refractivity (Wildman–Crippen MR) is 91.9 cm³/mol. The molecule has 0 amide bonds. The van der Waals surface area contributed by atoms with Crippen LogP contribution in [-0.2, 0) is 7.05 Å². The molecule has 3 aromatic heterocycles. The van der Waals surface area contributed by atoms with Crippen molar-refractivity contribution in [2.75, 3.05) is 23.3 Å². The van der Waals surface area contributed by atoms with E-state index < -0.39 is 0 Å². The number of nitrogens with zero attached hydrogens (tertiary/aromatic N) is 7. The molecule has 0 aromatic carbocycles. The van der Waals surface area contributed by atoms with Gasteiger partial charge in [0.2, 0.25) is 5.95 Å². The number of hydrogen-bond donors (Lipinski definition) is 1. The van der Waals surface area contributed by atoms with Gasteiger partial charge in [-0.2, -0.15) is 5.10 Å². The fraction of sp³-hybridized carbons (Fsp3) is 0.438. The summed E-state index contributed by atoms with van der Waals surface area (Å²) in [6, 6.07) is 2.13. The molecule has 1 saturated heterocycles. The van der Waals surface area contributed by atoms with Crippen LogP contribution in [0.2, 0.25) is 0 Å². The number of fused-ring (bicyclic) bond motifs is 1. The van der Waals surface area contributed by atoms with Crippen molar-refractivity contribution in [1.82, 2.24) is 29.7 Å². The zero-order valence-corrected chi connectivity index (χ0v) is 13.8. The first-order chi connectivity index (χ1) is 11.7. The summed E-state index contributed by atoms with van der Waals surface area (Å²) >= 11 is 0. The van der Waals surface area contributed by atoms with E-state index in [1.807, 2.05) is 26.2 Å². The molecule has 1 aliphatic heterocycles. The Morgan fingerprint density at radius 3 is 2.88 bits per heavy atom. The molecule has 0 aliphatic carbocycles. The first-order valence-electron chi connectivity index (χ1n) is 8.15. The van der Waals surface area contributed by atoms with Gasteiger partial charge in [-0.3, -0.25) is 4.68 Å². The largest absolute Gasteiger partial charge is 0.365 e. The molecule has 3 aromatic rings. The number of hydrogen-bond acceptors (Lipinski definition) is 7. The molecule has 0 unspecified atom stereocenters. The highest BCUT2D eigenvalue weighted by Gasteiger charge is 2.23. The number of nitrogens with one attached hydrogen (secondary N) is 1. The Labute approximate surface area is 140 Å². The average molecular weight is 324 g/mol. The van der Waals surface area contributed by atoms with E-state index in [2.05, 4.69) is 35.3 Å². The zero-order chi connectivity index (χ0) is 16.5. The van der Waals surface area contributed by atoms with Gasteiger partial charge in [-0.05, 0) is 25.8 Å². The van der Waals surface area contributed by atoms with Crippen molar-refractivity contribution in [3.05, 3.63) is 30.5 Å². The minimum Gasteiger partial charge on any atom is -0.365 e. The van der Waals surface area contributed by atoms with Crippen LogP contribution >= 0.6 is 0 Å². The summed E-state index contributed by atoms with van der Waals surface area (Å²) in [5, 5.41) is 8.83. The topological polar surface area (TPSA) is 84.7 Å². The van der Waals surface area contributed by atoms with Crippen LogP contribution in [0.5, 0.6) is 0 Å². The Morgan fingerprint density at radius 2 is 2.04 bits per heavy atom. The summed E-state index contributed by atoms with van der Waals surface area (Å²) in [4.78, 5) is 20.0. The predicted octanol–water partition coefficient (Wildman–Crippen LogP) is 1.54. The van der Waals surface area contributed by atoms with Crippen LogP contribution in [0.3, 0.4) is 0 Å². The smallest absolute Gasteiger partial charge is 0.225 e. The highest BCUT2D eigenvalue weighted by molar-refractivity contribution is 5.86. The van der Waals surface area contributed by atoms with E-state index >= 15 is 0 Å². The van der Waals surface area contributed by atoms with Gasteiger partial charge in [-0.15, -0.1) is 0 Å². The van der Waals surface area contributed by atoms with Crippen molar-refractivity contribution in [2.24, 2.45) is 7.05 Å². The molecule has 1 atom stereocenters. The molecular formula is C16H20N8. The van der Waals surface area contributed by atoms with E-state index in [0.29, 0.717) is 6.04 Å². The molecule has 124 valence electrons. The van der Waals surface area contributed by atoms with Gasteiger partial charge in [0, 0.05) is 38.6 Å². The maximum atomic E-state index is 4.58. The second-order valence-electron chi connectivity index (χ2n) is 6.10. The highest BCUT2D eigenvalue weighted by Crippen LogP contribution is 2.23. The monoisotopic (exact) mass is 324 g/mol. The second-order valence-corrected chi connectivity index (χ2v) is 6.10. The van der Waals surface area contributed by atoms with Crippen molar-refractivity contribution in [2.45, 2.75) is 25.8 Å². The molecule has 0 bridgehead atoms. The van der Waals surface area contributed by atoms with Crippen LogP contribution in [0, 0.1) is 6.92 Å². The molecular weight excluding hydrogens is 304 g/mol. The summed E-state index contributed by atoms with van der Waals surface area (Å²) in [5.41, 5.74) is 0.851. The third kappa shape index (κ3) is 2.75. The van der Waals surface area contributed by atoms with Crippen LogP contribution in [0.1, 0.15) is 18.7 Å². The lowest BCUT2D eigenvalue weighted by atomic mass is 10.1. The number of aromatic nitrogens is 6. The number of aryl methyl sites for hydroxylation is 2. The van der Waals surface area contributed by atoms with Crippen LogP contribution in [0.15, 0.2) is 24.7 Å². The molecule has 0 spiro atoms. The summed E-state index contributed by atoms with van der Waals surface area (Å²) in [6.07, 6.45) is 7.57. The lowest BCUT2D eigenvalue weighted by Gasteiger charge is -2.33. The molecule has 8 heteroatoms. The summed E-state index contributed by atoms with van der Waals surface area (Å²) < 4.78 is 1.78. The summed E-state index contributed by atoms with van der Waals surface area (Å²) in [5.74, 6) is 2.38. The number of rotatable bonds is 3. The molecule has 4 rings (SSSR count). The van der Waals surface area contributed by atoms with Crippen molar-refractivity contribution >= 4 is 22.8 Å². The first kappa shape index (κ1) is 14.8. The second kappa shape index (κ2) is 6.03. The summed E-state index contributed by atoms with van der Waals surface area (Å²) in [6.45, 7) is 3.74. The molecule has 8 nitrogen and oxygen atoms in total. The van der Waals surface area contributed by atoms with E-state index in [1.54, 1.807) is 17.1 Å². The maximum absolute atomic E-state index is 4.58. The molecule has 0 saturated carbocycles. The zero-order valence-electron chi connectivity index (χ0n) is 13.8. The van der Waals surface area contributed by atoms with Crippen molar-refractivity contribution in [3.8, 4) is 0 Å². The maximum Gasteiger partial charge on any atom is 0.225 e. The standard InChI is InChI=1S/C16H20N8/c1-11-20-14(13-9-19-23(2)15(13)21-11)22-12-5-3-8-24(10-12)16-17-6-4-7-18-16/h4,6-7,9,12H,3,5,8,10H2,1-2H3,(H,20,21,22)/t12-/m0/s1. The third-order valence-corrected chi connectivity index (χ3v) is 4.30. The van der Waals surface area contributed by atoms with Gasteiger partial charge < -0.3 is 10.2 Å². The van der Waals surface area contributed by atoms with Crippen molar-refractivity contribution < 1.29 is 0 Å². The van der Waals surface area contributed by atoms with Gasteiger partial charge in [0.1, 0.15) is 11.6 Å². The first-order valence-corrected chi connectivity index (χ1v) is 8.15. The minimum atomic E-state index is 0.292. The number of piperidine rings is 1. The van der Waals surface area contributed by atoms with Gasteiger partial charge in [0.25, 0.3) is 0 Å². The fourth-order valence-electron chi connectivity index (χ4n) is 3.17. The molecule has 1 N–H and O–H groups in total. The van der Waals surface area contributed by atoms with E-state index in [4.69, 9.17) is 0 Å². The number of anilines is 2. The molecule has 4 heterocycles. The Balaban J connectivity index is 1.57. The van der Waals surface area contributed by atoms with Gasteiger partial charge in [0.15, 0.2) is 5.65 Å². The quantitative estimate of drug-likeness (QED) is 0.782. The molecule has 1 fully saturated rings. The van der Waals surface area contributed by atoms with E-state index in [1.165, 1.54) is 0 Å². The molecule has 24 heavy (non-hydrogen) atoms. The molecule has 0 radical (unpaired) electrons. The van der Waals surface area contributed by atoms with Gasteiger partial charge in [-0.25, -0.2) is 19.9 Å². The Morgan fingerprint density at radius 1 is 1.21 bits per heavy atom. The van der Waals surface area contributed by atoms with Crippen molar-refractivity contribution in [1.29, 1.82) is 0 Å². The van der Waals surface area contributed by atoms with E-state index in [0.717, 1.165) is 54.6 Å². The highest BCUT2D eigenvalue weighted by atomic mass is 15.3. The van der Waals surface area contributed by atoms with Gasteiger partial charge in [0.05, 0.1) is 11.6 Å². The van der Waals surface area contributed by atoms with Crippen LogP contribution in [0.25, 0.3) is 11.0 Å². The van der Waals surface area contributed by atoms with Gasteiger partial charge >= 0.3 is 0 Å². The normalized spacial score (nSPS) is 18.1. The van der Waals surface area contributed by atoms with E-state index in [9.17, 15) is 0 Å². The van der Waals surface area contributed by atoms with Crippen LogP contribution < -0.4 is 10.2 Å². The summed E-state index contributed by atoms with van der Waals surface area (Å²) in [7, 11) is 1.90. The van der Waals surface area contributed by atoms with Crippen LogP contribution in [0.4, 0.5) is 11.8 Å². The Bertz CT molecular complexity index is 844. The minimum absolute atomic E-state index is 0.292. The van der Waals surface area contributed by atoms with Crippen molar-refractivity contribution in [3.63, 3.8) is 0 Å². The fourth-order valence-corrected chi connectivity index (χ4v) is 3.17. The Hall–Kier alpha value is -2.77. The molecule has 1 aliphatic rings. The Kier molecular flexibility index (Phi) is 3.72. The lowest BCUT2D eigenvalue weighted by molar-refractivity contribution is 0.522. The lowest BCUT2D eigenvalue weighted by Crippen LogP contribution is -2.43. The van der Waals surface area contributed by atoms with E-state index in [-0.39, 0.29) is 0 Å². The third-order valence-electron chi connectivity index (χ3n) is 4.30.